The van der Waals surface area contributed by atoms with Crippen molar-refractivity contribution in [3.05, 3.63) is 90.1 Å². The number of pyridine rings is 1. The summed E-state index contributed by atoms with van der Waals surface area (Å²) in [6.07, 6.45) is 5.78. The summed E-state index contributed by atoms with van der Waals surface area (Å²) >= 11 is 0. The van der Waals surface area contributed by atoms with Gasteiger partial charge >= 0.3 is 0 Å². The minimum Gasteiger partial charge on any atom is -0.475 e. The van der Waals surface area contributed by atoms with Crippen molar-refractivity contribution >= 4 is 16.9 Å². The highest BCUT2D eigenvalue weighted by molar-refractivity contribution is 5.98. The maximum absolute atomic E-state index is 15.1. The lowest BCUT2D eigenvalue weighted by Crippen LogP contribution is -2.24. The third-order valence-electron chi connectivity index (χ3n) is 5.92. The van der Waals surface area contributed by atoms with Crippen LogP contribution >= 0.6 is 0 Å². The van der Waals surface area contributed by atoms with Gasteiger partial charge in [-0.25, -0.2) is 28.7 Å². The highest BCUT2D eigenvalue weighted by Crippen LogP contribution is 2.34. The highest BCUT2D eigenvalue weighted by atomic mass is 19.1. The fourth-order valence-electron chi connectivity index (χ4n) is 4.09. The number of nitrogens with zero attached hydrogens (tertiary/aromatic N) is 4. The van der Waals surface area contributed by atoms with Crippen LogP contribution in [-0.4, -0.2) is 43.5 Å². The van der Waals surface area contributed by atoms with E-state index in [1.807, 2.05) is 13.8 Å². The molecule has 39 heavy (non-hydrogen) atoms. The Kier molecular flexibility index (Phi) is 7.53. The van der Waals surface area contributed by atoms with Crippen LogP contribution in [0.5, 0.6) is 5.88 Å². The topological polar surface area (TPSA) is 106 Å². The smallest absolute Gasteiger partial charge is 0.251 e. The molecule has 0 aliphatic carbocycles. The van der Waals surface area contributed by atoms with Crippen LogP contribution in [0.3, 0.4) is 0 Å². The summed E-state index contributed by atoms with van der Waals surface area (Å²) in [7, 11) is 0. The predicted molar refractivity (Wildman–Crippen MR) is 143 cm³/mol. The van der Waals surface area contributed by atoms with Crippen molar-refractivity contribution < 1.29 is 18.3 Å². The Morgan fingerprint density at radius 2 is 1.79 bits per heavy atom. The predicted octanol–water partition coefficient (Wildman–Crippen LogP) is 5.51. The third kappa shape index (κ3) is 6.06. The van der Waals surface area contributed by atoms with E-state index < -0.39 is 11.6 Å². The number of aromatic nitrogens is 5. The van der Waals surface area contributed by atoms with Gasteiger partial charge in [0, 0.05) is 48.1 Å². The lowest BCUT2D eigenvalue weighted by Gasteiger charge is -2.14. The van der Waals surface area contributed by atoms with E-state index in [9.17, 15) is 9.18 Å². The number of hydrogen-bond donors (Lipinski definition) is 2. The van der Waals surface area contributed by atoms with Crippen molar-refractivity contribution in [3.8, 4) is 28.4 Å². The molecule has 0 radical (unpaired) electrons. The van der Waals surface area contributed by atoms with Gasteiger partial charge < -0.3 is 15.0 Å². The van der Waals surface area contributed by atoms with E-state index in [2.05, 4.69) is 20.3 Å². The standard InChI is InChI=1S/C29H26F2N6O2/c1-17(2)39-26-15-21(22(31)16-35-26)28-27(18-5-8-20(30)9-6-18)36-23-10-7-19(14-24(23)37-28)29(38)34-11-3-4-25-32-12-13-33-25/h5-10,12-17H,3-4,11H2,1-2H3,(H,32,33)(H,34,38). The van der Waals surface area contributed by atoms with E-state index in [1.54, 1.807) is 42.7 Å². The maximum atomic E-state index is 15.1. The van der Waals surface area contributed by atoms with Crippen molar-refractivity contribution in [1.29, 1.82) is 0 Å². The number of benzene rings is 2. The van der Waals surface area contributed by atoms with Crippen molar-refractivity contribution in [2.75, 3.05) is 6.54 Å². The second kappa shape index (κ2) is 11.3. The van der Waals surface area contributed by atoms with Crippen LogP contribution < -0.4 is 10.1 Å². The molecule has 0 saturated carbocycles. The first-order chi connectivity index (χ1) is 18.9. The zero-order chi connectivity index (χ0) is 27.4. The van der Waals surface area contributed by atoms with Crippen LogP contribution in [0.15, 0.2) is 67.1 Å². The highest BCUT2D eigenvalue weighted by Gasteiger charge is 2.19. The molecule has 10 heteroatoms. The number of aryl methyl sites for hydroxylation is 1. The van der Waals surface area contributed by atoms with Crippen molar-refractivity contribution in [2.24, 2.45) is 0 Å². The first kappa shape index (κ1) is 25.9. The lowest BCUT2D eigenvalue weighted by atomic mass is 10.0. The zero-order valence-corrected chi connectivity index (χ0v) is 21.4. The first-order valence-corrected chi connectivity index (χ1v) is 12.5. The number of carbonyl (C=O) groups excluding carboxylic acids is 1. The summed E-state index contributed by atoms with van der Waals surface area (Å²) in [4.78, 5) is 33.5. The molecule has 5 rings (SSSR count). The number of halogens is 2. The van der Waals surface area contributed by atoms with Crippen molar-refractivity contribution in [1.82, 2.24) is 30.2 Å². The minimum absolute atomic E-state index is 0.127. The molecule has 0 aliphatic rings. The van der Waals surface area contributed by atoms with Crippen LogP contribution in [0.2, 0.25) is 0 Å². The van der Waals surface area contributed by atoms with E-state index in [1.165, 1.54) is 18.2 Å². The van der Waals surface area contributed by atoms with Crippen LogP contribution in [0.4, 0.5) is 8.78 Å². The molecule has 0 aliphatic heterocycles. The molecule has 3 heterocycles. The quantitative estimate of drug-likeness (QED) is 0.245. The summed E-state index contributed by atoms with van der Waals surface area (Å²) in [5.41, 5.74) is 2.57. The van der Waals surface area contributed by atoms with Gasteiger partial charge in [-0.05, 0) is 62.7 Å². The second-order valence-electron chi connectivity index (χ2n) is 9.20. The van der Waals surface area contributed by atoms with Gasteiger partial charge in [-0.1, -0.05) is 0 Å². The van der Waals surface area contributed by atoms with Crippen LogP contribution in [-0.2, 0) is 6.42 Å². The minimum atomic E-state index is -0.617. The van der Waals surface area contributed by atoms with E-state index in [4.69, 9.17) is 14.7 Å². The molecule has 198 valence electrons. The number of aromatic amines is 1. The number of amides is 1. The van der Waals surface area contributed by atoms with Gasteiger partial charge in [-0.15, -0.1) is 0 Å². The number of H-pyrrole nitrogens is 1. The summed E-state index contributed by atoms with van der Waals surface area (Å²) < 4.78 is 34.4. The summed E-state index contributed by atoms with van der Waals surface area (Å²) in [6.45, 7) is 4.15. The molecular formula is C29H26F2N6O2. The van der Waals surface area contributed by atoms with E-state index in [0.29, 0.717) is 40.8 Å². The molecule has 0 fully saturated rings. The Labute approximate surface area is 223 Å². The molecule has 0 saturated heterocycles. The van der Waals surface area contributed by atoms with E-state index in [-0.39, 0.29) is 29.1 Å². The number of imidazole rings is 1. The molecule has 2 aromatic carbocycles. The van der Waals surface area contributed by atoms with Crippen LogP contribution in [0.25, 0.3) is 33.5 Å². The Morgan fingerprint density at radius 3 is 2.54 bits per heavy atom. The van der Waals surface area contributed by atoms with Gasteiger partial charge in [0.05, 0.1) is 29.0 Å². The number of hydrogen-bond acceptors (Lipinski definition) is 6. The lowest BCUT2D eigenvalue weighted by molar-refractivity contribution is 0.0953. The summed E-state index contributed by atoms with van der Waals surface area (Å²) in [5, 5.41) is 2.90. The van der Waals surface area contributed by atoms with Gasteiger partial charge in [0.25, 0.3) is 5.91 Å². The number of nitrogens with one attached hydrogen (secondary N) is 2. The normalized spacial score (nSPS) is 11.2. The molecular weight excluding hydrogens is 502 g/mol. The Balaban J connectivity index is 1.51. The number of ether oxygens (including phenoxy) is 1. The van der Waals surface area contributed by atoms with Crippen molar-refractivity contribution in [3.63, 3.8) is 0 Å². The summed E-state index contributed by atoms with van der Waals surface area (Å²) in [6, 6.07) is 12.2. The third-order valence-corrected chi connectivity index (χ3v) is 5.92. The zero-order valence-electron chi connectivity index (χ0n) is 21.4. The Morgan fingerprint density at radius 1 is 1.00 bits per heavy atom. The molecule has 3 aromatic heterocycles. The largest absolute Gasteiger partial charge is 0.475 e. The fraction of sp³-hybridized carbons (Fsp3) is 0.207. The number of fused-ring (bicyclic) bond motifs is 1. The maximum Gasteiger partial charge on any atom is 0.251 e. The molecule has 0 bridgehead atoms. The second-order valence-corrected chi connectivity index (χ2v) is 9.20. The number of carbonyl (C=O) groups is 1. The monoisotopic (exact) mass is 528 g/mol. The Bertz CT molecular complexity index is 1600. The molecule has 5 aromatic rings. The number of rotatable bonds is 9. The van der Waals surface area contributed by atoms with Gasteiger partial charge in [0.1, 0.15) is 17.3 Å². The molecule has 0 unspecified atom stereocenters. The molecule has 0 atom stereocenters. The average Bonchev–Trinajstić information content (AvgIpc) is 3.45. The average molecular weight is 529 g/mol. The van der Waals surface area contributed by atoms with Gasteiger partial charge in [-0.2, -0.15) is 0 Å². The fourth-order valence-corrected chi connectivity index (χ4v) is 4.09. The van der Waals surface area contributed by atoms with Crippen LogP contribution in [0, 0.1) is 11.6 Å². The van der Waals surface area contributed by atoms with E-state index >= 15 is 4.39 Å². The Hall–Kier alpha value is -4.73. The molecule has 1 amide bonds. The molecule has 8 nitrogen and oxygen atoms in total. The summed E-state index contributed by atoms with van der Waals surface area (Å²) in [5.74, 6) is -0.189. The van der Waals surface area contributed by atoms with Gasteiger partial charge in [0.15, 0.2) is 5.82 Å². The molecule has 2 N–H and O–H groups in total. The SMILES string of the molecule is CC(C)Oc1cc(-c2nc3cc(C(=O)NCCCc4ncc[nH]4)ccc3nc2-c2ccc(F)cc2)c(F)cn1. The van der Waals surface area contributed by atoms with Gasteiger partial charge in [0.2, 0.25) is 5.88 Å². The van der Waals surface area contributed by atoms with Crippen LogP contribution in [0.1, 0.15) is 36.5 Å². The van der Waals surface area contributed by atoms with E-state index in [0.717, 1.165) is 18.4 Å². The first-order valence-electron chi connectivity index (χ1n) is 12.5. The van der Waals surface area contributed by atoms with Crippen molar-refractivity contribution in [2.45, 2.75) is 32.8 Å². The molecule has 0 spiro atoms. The van der Waals surface area contributed by atoms with Gasteiger partial charge in [-0.3, -0.25) is 4.79 Å².